The van der Waals surface area contributed by atoms with Crippen molar-refractivity contribution in [2.45, 2.75) is 61.4 Å². The van der Waals surface area contributed by atoms with Crippen LogP contribution < -0.4 is 14.2 Å². The number of aliphatic hydroxyl groups excluding tert-OH is 8. The van der Waals surface area contributed by atoms with Crippen molar-refractivity contribution in [3.8, 4) is 17.2 Å². The minimum Gasteiger partial charge on any atom is -0.493 e. The summed E-state index contributed by atoms with van der Waals surface area (Å²) in [5.74, 6) is 0.386. The fraction of sp³-hybridized carbons (Fsp3) is 0.652. The van der Waals surface area contributed by atoms with E-state index in [9.17, 15) is 35.7 Å². The molecule has 0 unspecified atom stereocenters. The summed E-state index contributed by atoms with van der Waals surface area (Å²) in [5.41, 5.74) is 0.612. The third kappa shape index (κ3) is 6.32. The van der Waals surface area contributed by atoms with Crippen molar-refractivity contribution in [2.24, 2.45) is 0 Å². The van der Waals surface area contributed by atoms with Crippen LogP contribution in [-0.2, 0) is 14.2 Å². The van der Waals surface area contributed by atoms with Crippen molar-refractivity contribution in [1.29, 1.82) is 0 Å². The predicted octanol–water partition coefficient (Wildman–Crippen LogP) is -3.29. The molecule has 0 radical (unpaired) electrons. The highest BCUT2D eigenvalue weighted by Crippen LogP contribution is 2.41. The van der Waals surface area contributed by atoms with E-state index < -0.39 is 74.6 Å². The zero-order valence-electron chi connectivity index (χ0n) is 20.2. The molecule has 0 aromatic heterocycles. The molecular weight excluding hydrogens is 500 g/mol. The lowest BCUT2D eigenvalue weighted by molar-refractivity contribution is -0.352. The molecule has 0 bridgehead atoms. The van der Waals surface area contributed by atoms with Gasteiger partial charge in [0.2, 0.25) is 12.0 Å². The molecule has 14 nitrogen and oxygen atoms in total. The topological polar surface area (TPSA) is 217 Å². The van der Waals surface area contributed by atoms with Crippen molar-refractivity contribution in [2.75, 3.05) is 34.0 Å². The summed E-state index contributed by atoms with van der Waals surface area (Å²) < 4.78 is 33.0. The van der Waals surface area contributed by atoms with Crippen molar-refractivity contribution in [3.63, 3.8) is 0 Å². The molecule has 3 rings (SSSR count). The second-order valence-electron chi connectivity index (χ2n) is 8.46. The number of hydrogen-bond acceptors (Lipinski definition) is 14. The van der Waals surface area contributed by atoms with Crippen LogP contribution in [0.3, 0.4) is 0 Å². The summed E-state index contributed by atoms with van der Waals surface area (Å²) in [7, 11) is 2.74. The Morgan fingerprint density at radius 2 is 1.32 bits per heavy atom. The quantitative estimate of drug-likeness (QED) is 0.148. The molecule has 10 atom stereocenters. The van der Waals surface area contributed by atoms with Gasteiger partial charge in [-0.3, -0.25) is 0 Å². The predicted molar refractivity (Wildman–Crippen MR) is 123 cm³/mol. The molecule has 0 saturated carbocycles. The Bertz CT molecular complexity index is 867. The molecule has 0 aliphatic carbocycles. The first-order valence-corrected chi connectivity index (χ1v) is 11.5. The van der Waals surface area contributed by atoms with Crippen LogP contribution in [0, 0.1) is 0 Å². The van der Waals surface area contributed by atoms with Crippen LogP contribution in [0.1, 0.15) is 5.56 Å². The van der Waals surface area contributed by atoms with Gasteiger partial charge in [0, 0.05) is 0 Å². The van der Waals surface area contributed by atoms with Gasteiger partial charge in [0.1, 0.15) is 48.8 Å². The van der Waals surface area contributed by atoms with Crippen LogP contribution in [-0.4, -0.2) is 136 Å². The maximum Gasteiger partial charge on any atom is 0.229 e. The van der Waals surface area contributed by atoms with E-state index in [1.54, 1.807) is 18.2 Å². The molecule has 1 aromatic carbocycles. The van der Waals surface area contributed by atoms with Crippen LogP contribution in [0.5, 0.6) is 17.2 Å². The van der Waals surface area contributed by atoms with E-state index >= 15 is 0 Å². The van der Waals surface area contributed by atoms with E-state index in [0.29, 0.717) is 5.56 Å². The summed E-state index contributed by atoms with van der Waals surface area (Å²) in [5, 5.41) is 80.0. The highest BCUT2D eigenvalue weighted by atomic mass is 16.7. The molecular formula is C23H34O14. The van der Waals surface area contributed by atoms with Gasteiger partial charge in [0.05, 0.1) is 34.0 Å². The highest BCUT2D eigenvalue weighted by Gasteiger charge is 2.51. The minimum absolute atomic E-state index is 0.0207. The molecule has 1 aromatic rings. The van der Waals surface area contributed by atoms with Crippen molar-refractivity contribution < 1.29 is 69.3 Å². The fourth-order valence-electron chi connectivity index (χ4n) is 4.07. The largest absolute Gasteiger partial charge is 0.493 e. The molecule has 2 aliphatic rings. The Morgan fingerprint density at radius 3 is 1.86 bits per heavy atom. The number of benzene rings is 1. The fourth-order valence-corrected chi connectivity index (χ4v) is 4.07. The van der Waals surface area contributed by atoms with Gasteiger partial charge in [0.25, 0.3) is 0 Å². The summed E-state index contributed by atoms with van der Waals surface area (Å²) in [4.78, 5) is 0. The minimum atomic E-state index is -1.78. The molecule has 8 N–H and O–H groups in total. The van der Waals surface area contributed by atoms with Gasteiger partial charge in [-0.25, -0.2) is 0 Å². The Hall–Kier alpha value is -2.08. The molecule has 210 valence electrons. The average molecular weight is 535 g/mol. The molecule has 37 heavy (non-hydrogen) atoms. The first-order valence-electron chi connectivity index (χ1n) is 11.5. The summed E-state index contributed by atoms with van der Waals surface area (Å²) >= 11 is 0. The van der Waals surface area contributed by atoms with E-state index in [4.69, 9.17) is 33.5 Å². The summed E-state index contributed by atoms with van der Waals surface area (Å²) in [6.45, 7) is -1.60. The van der Waals surface area contributed by atoms with Gasteiger partial charge < -0.3 is 69.3 Å². The standard InChI is InChI=1S/C23H34O14/c1-32-11-6-10(4-3-5-24)7-12(33-2)20(11)36-23-19(31)17(29)21(14(9-26)35-23)37-22-18(30)16(28)15(27)13(8-25)34-22/h3-4,6-7,13-19,21-31H,5,8-9H2,1-2H3/b4-3+/t13-,14-,15-,16+,17-,18-,19-,21-,22+,23+/m1/s1. The van der Waals surface area contributed by atoms with Crippen molar-refractivity contribution >= 4 is 6.08 Å². The van der Waals surface area contributed by atoms with E-state index in [0.717, 1.165) is 0 Å². The second kappa shape index (κ2) is 13.1. The van der Waals surface area contributed by atoms with Gasteiger partial charge in [-0.1, -0.05) is 12.2 Å². The van der Waals surface area contributed by atoms with Crippen LogP contribution >= 0.6 is 0 Å². The molecule has 0 spiro atoms. The molecule has 2 aliphatic heterocycles. The zero-order chi connectivity index (χ0) is 27.3. The molecule has 2 heterocycles. The third-order valence-electron chi connectivity index (χ3n) is 6.09. The molecule has 2 fully saturated rings. The normalized spacial score (nSPS) is 36.5. The van der Waals surface area contributed by atoms with Gasteiger partial charge in [-0.05, 0) is 17.7 Å². The van der Waals surface area contributed by atoms with Crippen molar-refractivity contribution in [1.82, 2.24) is 0 Å². The monoisotopic (exact) mass is 534 g/mol. The van der Waals surface area contributed by atoms with E-state index in [1.807, 2.05) is 0 Å². The van der Waals surface area contributed by atoms with Gasteiger partial charge in [-0.15, -0.1) is 0 Å². The maximum atomic E-state index is 10.8. The van der Waals surface area contributed by atoms with Crippen LogP contribution in [0.25, 0.3) is 6.08 Å². The number of rotatable bonds is 10. The third-order valence-corrected chi connectivity index (χ3v) is 6.09. The lowest BCUT2D eigenvalue weighted by atomic mass is 9.97. The van der Waals surface area contributed by atoms with Gasteiger partial charge in [0.15, 0.2) is 17.8 Å². The highest BCUT2D eigenvalue weighted by molar-refractivity contribution is 5.62. The number of ether oxygens (including phenoxy) is 6. The Balaban J connectivity index is 1.81. The molecule has 14 heteroatoms. The second-order valence-corrected chi connectivity index (χ2v) is 8.46. The van der Waals surface area contributed by atoms with E-state index in [2.05, 4.69) is 0 Å². The van der Waals surface area contributed by atoms with Crippen LogP contribution in [0.15, 0.2) is 18.2 Å². The molecule has 2 saturated heterocycles. The van der Waals surface area contributed by atoms with Gasteiger partial charge >= 0.3 is 0 Å². The zero-order valence-corrected chi connectivity index (χ0v) is 20.2. The van der Waals surface area contributed by atoms with Crippen LogP contribution in [0.4, 0.5) is 0 Å². The number of methoxy groups -OCH3 is 2. The Kier molecular flexibility index (Phi) is 10.5. The Labute approximate surface area is 212 Å². The molecule has 0 amide bonds. The lowest BCUT2D eigenvalue weighted by Gasteiger charge is -2.45. The number of hydrogen-bond donors (Lipinski definition) is 8. The number of aliphatic hydroxyl groups is 8. The van der Waals surface area contributed by atoms with Crippen LogP contribution in [0.2, 0.25) is 0 Å². The van der Waals surface area contributed by atoms with E-state index in [-0.39, 0.29) is 23.9 Å². The van der Waals surface area contributed by atoms with Crippen molar-refractivity contribution in [3.05, 3.63) is 23.8 Å². The smallest absolute Gasteiger partial charge is 0.229 e. The summed E-state index contributed by atoms with van der Waals surface area (Å²) in [6, 6.07) is 3.15. The maximum absolute atomic E-state index is 10.8. The SMILES string of the molecule is COc1cc(/C=C/CO)cc(OC)c1O[C@@H]1O[C@H](CO)[C@@H](O[C@@H]2O[C@H](CO)[C@@H](O)[C@H](O)[C@H]2O)[C@H](O)[C@H]1O. The Morgan fingerprint density at radius 1 is 0.757 bits per heavy atom. The first kappa shape index (κ1) is 29.5. The first-order chi connectivity index (χ1) is 17.7. The summed E-state index contributed by atoms with van der Waals surface area (Å²) in [6.07, 6.45) is -12.7. The lowest BCUT2D eigenvalue weighted by Crippen LogP contribution is -2.65. The average Bonchev–Trinajstić information content (AvgIpc) is 2.91. The van der Waals surface area contributed by atoms with Gasteiger partial charge in [-0.2, -0.15) is 0 Å². The van der Waals surface area contributed by atoms with E-state index in [1.165, 1.54) is 20.3 Å².